The minimum atomic E-state index is -4.49. The molecule has 3 rings (SSSR count). The SMILES string of the molecule is CCc1nc2ccc(C(F)(F)F)cn2c1C(=O)N(CC)c1ccccc1. The first-order valence-electron chi connectivity index (χ1n) is 8.31. The number of carbonyl (C=O) groups excluding carboxylic acids is 1. The van der Waals surface area contributed by atoms with E-state index in [1.165, 1.54) is 15.4 Å². The first-order chi connectivity index (χ1) is 12.4. The predicted octanol–water partition coefficient (Wildman–Crippen LogP) is 4.58. The number of rotatable bonds is 4. The molecule has 2 heterocycles. The van der Waals surface area contributed by atoms with Gasteiger partial charge in [-0.2, -0.15) is 13.2 Å². The first kappa shape index (κ1) is 18.0. The highest BCUT2D eigenvalue weighted by atomic mass is 19.4. The van der Waals surface area contributed by atoms with Gasteiger partial charge in [-0.1, -0.05) is 25.1 Å². The number of imidazole rings is 1. The molecule has 3 aromatic rings. The summed E-state index contributed by atoms with van der Waals surface area (Å²) < 4.78 is 40.5. The van der Waals surface area contributed by atoms with Crippen LogP contribution in [-0.4, -0.2) is 21.8 Å². The monoisotopic (exact) mass is 361 g/mol. The van der Waals surface area contributed by atoms with E-state index in [2.05, 4.69) is 4.98 Å². The Bertz CT molecular complexity index is 932. The van der Waals surface area contributed by atoms with E-state index in [1.807, 2.05) is 32.0 Å². The molecule has 0 radical (unpaired) electrons. The average Bonchev–Trinajstić information content (AvgIpc) is 3.00. The van der Waals surface area contributed by atoms with Crippen LogP contribution in [0.1, 0.15) is 35.6 Å². The fraction of sp³-hybridized carbons (Fsp3) is 0.263. The van der Waals surface area contributed by atoms with E-state index in [1.54, 1.807) is 12.1 Å². The molecule has 0 saturated carbocycles. The van der Waals surface area contributed by atoms with E-state index < -0.39 is 11.7 Å². The lowest BCUT2D eigenvalue weighted by Gasteiger charge is -2.21. The molecule has 0 aliphatic rings. The number of aryl methyl sites for hydroxylation is 1. The van der Waals surface area contributed by atoms with Crippen LogP contribution in [0.4, 0.5) is 18.9 Å². The summed E-state index contributed by atoms with van der Waals surface area (Å²) in [5.74, 6) is -0.373. The topological polar surface area (TPSA) is 37.6 Å². The third-order valence-electron chi connectivity index (χ3n) is 4.18. The molecule has 0 fully saturated rings. The maximum absolute atomic E-state index is 13.2. The minimum absolute atomic E-state index is 0.166. The Morgan fingerprint density at radius 2 is 1.81 bits per heavy atom. The summed E-state index contributed by atoms with van der Waals surface area (Å²) in [6.45, 7) is 4.03. The van der Waals surface area contributed by atoms with E-state index in [9.17, 15) is 18.0 Å². The van der Waals surface area contributed by atoms with Crippen molar-refractivity contribution in [2.45, 2.75) is 26.4 Å². The van der Waals surface area contributed by atoms with Crippen LogP contribution in [-0.2, 0) is 12.6 Å². The highest BCUT2D eigenvalue weighted by molar-refractivity contribution is 6.06. The van der Waals surface area contributed by atoms with Gasteiger partial charge in [0.05, 0.1) is 11.3 Å². The molecule has 0 unspecified atom stereocenters. The van der Waals surface area contributed by atoms with Crippen LogP contribution < -0.4 is 4.90 Å². The van der Waals surface area contributed by atoms with E-state index in [-0.39, 0.29) is 11.6 Å². The van der Waals surface area contributed by atoms with E-state index in [4.69, 9.17) is 0 Å². The number of carbonyl (C=O) groups is 1. The number of alkyl halides is 3. The van der Waals surface area contributed by atoms with Gasteiger partial charge in [-0.05, 0) is 37.6 Å². The number of halogens is 3. The number of hydrogen-bond acceptors (Lipinski definition) is 2. The van der Waals surface area contributed by atoms with Gasteiger partial charge in [0.25, 0.3) is 5.91 Å². The van der Waals surface area contributed by atoms with Crippen molar-refractivity contribution in [2.75, 3.05) is 11.4 Å². The standard InChI is InChI=1S/C19H18F3N3O/c1-3-15-17(18(26)24(4-2)14-8-6-5-7-9-14)25-12-13(19(20,21)22)10-11-16(25)23-15/h5-12H,3-4H2,1-2H3. The fourth-order valence-electron chi connectivity index (χ4n) is 2.91. The van der Waals surface area contributed by atoms with Crippen molar-refractivity contribution >= 4 is 17.2 Å². The average molecular weight is 361 g/mol. The third kappa shape index (κ3) is 3.16. The summed E-state index contributed by atoms with van der Waals surface area (Å²) in [5.41, 5.74) is 0.830. The zero-order valence-electron chi connectivity index (χ0n) is 14.4. The maximum Gasteiger partial charge on any atom is 0.417 e. The van der Waals surface area contributed by atoms with Crippen molar-refractivity contribution in [1.82, 2.24) is 9.38 Å². The third-order valence-corrected chi connectivity index (χ3v) is 4.18. The van der Waals surface area contributed by atoms with Crippen LogP contribution >= 0.6 is 0 Å². The molecule has 7 heteroatoms. The van der Waals surface area contributed by atoms with Crippen molar-refractivity contribution in [3.8, 4) is 0 Å². The zero-order chi connectivity index (χ0) is 18.9. The summed E-state index contributed by atoms with van der Waals surface area (Å²) in [4.78, 5) is 19.0. The molecule has 1 amide bonds. The second-order valence-corrected chi connectivity index (χ2v) is 5.79. The number of para-hydroxylation sites is 1. The molecule has 0 aliphatic heterocycles. The Morgan fingerprint density at radius 1 is 1.12 bits per heavy atom. The highest BCUT2D eigenvalue weighted by Gasteiger charge is 2.32. The molecule has 0 saturated heterocycles. The summed E-state index contributed by atoms with van der Waals surface area (Å²) in [6.07, 6.45) is -3.11. The summed E-state index contributed by atoms with van der Waals surface area (Å²) in [5, 5.41) is 0. The second-order valence-electron chi connectivity index (χ2n) is 5.79. The molecular formula is C19H18F3N3O. The van der Waals surface area contributed by atoms with Gasteiger partial charge in [0, 0.05) is 18.4 Å². The van der Waals surface area contributed by atoms with Crippen molar-refractivity contribution < 1.29 is 18.0 Å². The smallest absolute Gasteiger partial charge is 0.307 e. The van der Waals surface area contributed by atoms with Crippen LogP contribution in [0.25, 0.3) is 5.65 Å². The normalized spacial score (nSPS) is 11.7. The Labute approximate surface area is 148 Å². The van der Waals surface area contributed by atoms with Gasteiger partial charge in [-0.25, -0.2) is 4.98 Å². The maximum atomic E-state index is 13.2. The van der Waals surface area contributed by atoms with E-state index >= 15 is 0 Å². The van der Waals surface area contributed by atoms with Crippen LogP contribution in [0.3, 0.4) is 0 Å². The summed E-state index contributed by atoms with van der Waals surface area (Å²) >= 11 is 0. The van der Waals surface area contributed by atoms with E-state index in [0.29, 0.717) is 30.0 Å². The molecule has 0 atom stereocenters. The molecular weight excluding hydrogens is 343 g/mol. The Balaban J connectivity index is 2.17. The summed E-state index contributed by atoms with van der Waals surface area (Å²) in [6, 6.07) is 11.3. The Morgan fingerprint density at radius 3 is 2.38 bits per heavy atom. The van der Waals surface area contributed by atoms with Crippen molar-refractivity contribution in [3.63, 3.8) is 0 Å². The number of fused-ring (bicyclic) bond motifs is 1. The quantitative estimate of drug-likeness (QED) is 0.682. The predicted molar refractivity (Wildman–Crippen MR) is 93.4 cm³/mol. The molecule has 2 aromatic heterocycles. The Kier molecular flexibility index (Phi) is 4.71. The number of anilines is 1. The van der Waals surface area contributed by atoms with Gasteiger partial charge in [-0.15, -0.1) is 0 Å². The lowest BCUT2D eigenvalue weighted by atomic mass is 10.2. The van der Waals surface area contributed by atoms with Gasteiger partial charge >= 0.3 is 6.18 Å². The Hall–Kier alpha value is -2.83. The molecule has 1 aromatic carbocycles. The van der Waals surface area contributed by atoms with Crippen LogP contribution in [0.5, 0.6) is 0 Å². The van der Waals surface area contributed by atoms with Gasteiger partial charge in [-0.3, -0.25) is 9.20 Å². The fourth-order valence-corrected chi connectivity index (χ4v) is 2.91. The number of benzene rings is 1. The largest absolute Gasteiger partial charge is 0.417 e. The van der Waals surface area contributed by atoms with Crippen molar-refractivity contribution in [1.29, 1.82) is 0 Å². The molecule has 136 valence electrons. The van der Waals surface area contributed by atoms with Crippen molar-refractivity contribution in [3.05, 3.63) is 65.6 Å². The zero-order valence-corrected chi connectivity index (χ0v) is 14.4. The van der Waals surface area contributed by atoms with Crippen LogP contribution in [0.2, 0.25) is 0 Å². The number of amides is 1. The van der Waals surface area contributed by atoms with Crippen LogP contribution in [0.15, 0.2) is 48.7 Å². The van der Waals surface area contributed by atoms with E-state index in [0.717, 1.165) is 12.3 Å². The molecule has 0 bridgehead atoms. The molecule has 26 heavy (non-hydrogen) atoms. The number of hydrogen-bond donors (Lipinski definition) is 0. The van der Waals surface area contributed by atoms with Gasteiger partial charge in [0.2, 0.25) is 0 Å². The number of nitrogens with zero attached hydrogens (tertiary/aromatic N) is 3. The molecule has 0 spiro atoms. The second kappa shape index (κ2) is 6.82. The van der Waals surface area contributed by atoms with Gasteiger partial charge in [0.15, 0.2) is 0 Å². The molecule has 4 nitrogen and oxygen atoms in total. The van der Waals surface area contributed by atoms with Crippen molar-refractivity contribution in [2.24, 2.45) is 0 Å². The van der Waals surface area contributed by atoms with Crippen LogP contribution in [0, 0.1) is 0 Å². The number of aromatic nitrogens is 2. The number of pyridine rings is 1. The minimum Gasteiger partial charge on any atom is -0.307 e. The first-order valence-corrected chi connectivity index (χ1v) is 8.31. The lowest BCUT2D eigenvalue weighted by molar-refractivity contribution is -0.137. The molecule has 0 N–H and O–H groups in total. The van der Waals surface area contributed by atoms with Gasteiger partial charge in [0.1, 0.15) is 11.3 Å². The lowest BCUT2D eigenvalue weighted by Crippen LogP contribution is -2.32. The summed E-state index contributed by atoms with van der Waals surface area (Å²) in [7, 11) is 0. The van der Waals surface area contributed by atoms with Gasteiger partial charge < -0.3 is 4.90 Å². The molecule has 0 aliphatic carbocycles. The highest BCUT2D eigenvalue weighted by Crippen LogP contribution is 2.30.